The third-order valence-electron chi connectivity index (χ3n) is 3.31. The summed E-state index contributed by atoms with van der Waals surface area (Å²) in [6, 6.07) is 0. The molecule has 1 aliphatic heterocycles. The standard InChI is InChI=1S/C12H20N2OS/c1-2-13-10-12(3-6-15-7-4-12)9-11-14-5-8-16-11/h5,8,13H,2-4,6-7,9-10H2,1H3. The number of aromatic nitrogens is 1. The Bertz CT molecular complexity index is 294. The van der Waals surface area contributed by atoms with Crippen molar-refractivity contribution in [3.05, 3.63) is 16.6 Å². The maximum atomic E-state index is 5.48. The molecule has 0 aromatic carbocycles. The second-order valence-corrected chi connectivity index (χ2v) is 5.47. The van der Waals surface area contributed by atoms with Crippen LogP contribution in [-0.4, -0.2) is 31.3 Å². The van der Waals surface area contributed by atoms with Crippen molar-refractivity contribution in [3.63, 3.8) is 0 Å². The minimum Gasteiger partial charge on any atom is -0.381 e. The molecule has 1 fully saturated rings. The van der Waals surface area contributed by atoms with Gasteiger partial charge in [0.15, 0.2) is 0 Å². The van der Waals surface area contributed by atoms with E-state index in [9.17, 15) is 0 Å². The van der Waals surface area contributed by atoms with Crippen molar-refractivity contribution in [3.8, 4) is 0 Å². The van der Waals surface area contributed by atoms with Crippen molar-refractivity contribution < 1.29 is 4.74 Å². The molecule has 1 aliphatic rings. The lowest BCUT2D eigenvalue weighted by molar-refractivity contribution is 0.0151. The molecule has 0 aliphatic carbocycles. The number of nitrogens with zero attached hydrogens (tertiary/aromatic N) is 1. The molecule has 0 radical (unpaired) electrons. The summed E-state index contributed by atoms with van der Waals surface area (Å²) >= 11 is 1.77. The smallest absolute Gasteiger partial charge is 0.0930 e. The predicted octanol–water partition coefficient (Wildman–Crippen LogP) is 2.09. The fraction of sp³-hybridized carbons (Fsp3) is 0.750. The van der Waals surface area contributed by atoms with Crippen molar-refractivity contribution in [2.24, 2.45) is 5.41 Å². The molecule has 4 heteroatoms. The normalized spacial score (nSPS) is 19.8. The minimum atomic E-state index is 0.367. The van der Waals surface area contributed by atoms with Gasteiger partial charge in [0.1, 0.15) is 0 Å². The Labute approximate surface area is 101 Å². The predicted molar refractivity (Wildman–Crippen MR) is 66.8 cm³/mol. The molecule has 0 bridgehead atoms. The van der Waals surface area contributed by atoms with E-state index in [-0.39, 0.29) is 0 Å². The van der Waals surface area contributed by atoms with Crippen LogP contribution >= 0.6 is 11.3 Å². The largest absolute Gasteiger partial charge is 0.381 e. The molecule has 1 aromatic rings. The maximum absolute atomic E-state index is 5.48. The Balaban J connectivity index is 2.01. The average molecular weight is 240 g/mol. The van der Waals surface area contributed by atoms with Gasteiger partial charge in [0.25, 0.3) is 0 Å². The summed E-state index contributed by atoms with van der Waals surface area (Å²) in [6.45, 7) is 6.09. The summed E-state index contributed by atoms with van der Waals surface area (Å²) in [5.74, 6) is 0. The van der Waals surface area contributed by atoms with Crippen LogP contribution in [0.25, 0.3) is 0 Å². The molecule has 0 saturated carbocycles. The number of hydrogen-bond acceptors (Lipinski definition) is 4. The van der Waals surface area contributed by atoms with E-state index in [4.69, 9.17) is 4.74 Å². The second-order valence-electron chi connectivity index (χ2n) is 4.50. The van der Waals surface area contributed by atoms with Gasteiger partial charge in [-0.15, -0.1) is 11.3 Å². The van der Waals surface area contributed by atoms with Crippen LogP contribution < -0.4 is 5.32 Å². The highest BCUT2D eigenvalue weighted by Gasteiger charge is 2.33. The van der Waals surface area contributed by atoms with Gasteiger partial charge in [0.2, 0.25) is 0 Å². The van der Waals surface area contributed by atoms with E-state index in [1.165, 1.54) is 5.01 Å². The third kappa shape index (κ3) is 3.03. The van der Waals surface area contributed by atoms with Crippen LogP contribution in [0.1, 0.15) is 24.8 Å². The van der Waals surface area contributed by atoms with Crippen molar-refractivity contribution in [1.29, 1.82) is 0 Å². The van der Waals surface area contributed by atoms with Gasteiger partial charge in [-0.1, -0.05) is 6.92 Å². The van der Waals surface area contributed by atoms with E-state index < -0.39 is 0 Å². The van der Waals surface area contributed by atoms with Crippen molar-refractivity contribution in [2.45, 2.75) is 26.2 Å². The average Bonchev–Trinajstić information content (AvgIpc) is 2.80. The van der Waals surface area contributed by atoms with Gasteiger partial charge < -0.3 is 10.1 Å². The number of ether oxygens (including phenoxy) is 1. The molecular formula is C12H20N2OS. The third-order valence-corrected chi connectivity index (χ3v) is 4.09. The highest BCUT2D eigenvalue weighted by molar-refractivity contribution is 7.09. The van der Waals surface area contributed by atoms with Gasteiger partial charge in [-0.25, -0.2) is 4.98 Å². The van der Waals surface area contributed by atoms with Crippen LogP contribution in [0.4, 0.5) is 0 Å². The first-order chi connectivity index (χ1) is 7.85. The molecule has 1 N–H and O–H groups in total. The van der Waals surface area contributed by atoms with Crippen LogP contribution in [0, 0.1) is 5.41 Å². The lowest BCUT2D eigenvalue weighted by atomic mass is 9.77. The van der Waals surface area contributed by atoms with Gasteiger partial charge in [0, 0.05) is 37.8 Å². The summed E-state index contributed by atoms with van der Waals surface area (Å²) in [5.41, 5.74) is 0.367. The van der Waals surface area contributed by atoms with Crippen LogP contribution in [0.5, 0.6) is 0 Å². The summed E-state index contributed by atoms with van der Waals surface area (Å²) in [7, 11) is 0. The molecule has 3 nitrogen and oxygen atoms in total. The molecule has 0 spiro atoms. The van der Waals surface area contributed by atoms with E-state index in [0.717, 1.165) is 45.6 Å². The van der Waals surface area contributed by atoms with Gasteiger partial charge in [0.05, 0.1) is 5.01 Å². The summed E-state index contributed by atoms with van der Waals surface area (Å²) in [4.78, 5) is 4.41. The quantitative estimate of drug-likeness (QED) is 0.856. The fourth-order valence-corrected chi connectivity index (χ4v) is 3.06. The highest BCUT2D eigenvalue weighted by Crippen LogP contribution is 2.34. The van der Waals surface area contributed by atoms with E-state index >= 15 is 0 Å². The van der Waals surface area contributed by atoms with Gasteiger partial charge in [-0.2, -0.15) is 0 Å². The molecule has 16 heavy (non-hydrogen) atoms. The topological polar surface area (TPSA) is 34.2 Å². The van der Waals surface area contributed by atoms with Crippen LogP contribution in [0.2, 0.25) is 0 Å². The van der Waals surface area contributed by atoms with Crippen molar-refractivity contribution in [1.82, 2.24) is 10.3 Å². The van der Waals surface area contributed by atoms with Crippen molar-refractivity contribution in [2.75, 3.05) is 26.3 Å². The summed E-state index contributed by atoms with van der Waals surface area (Å²) in [5, 5.41) is 6.82. The zero-order chi connectivity index (χ0) is 11.3. The molecule has 2 heterocycles. The molecule has 2 rings (SSSR count). The number of hydrogen-bond donors (Lipinski definition) is 1. The Kier molecular flexibility index (Phi) is 4.32. The van der Waals surface area contributed by atoms with E-state index in [2.05, 4.69) is 22.6 Å². The lowest BCUT2D eigenvalue weighted by Gasteiger charge is -2.37. The number of nitrogens with one attached hydrogen (secondary N) is 1. The maximum Gasteiger partial charge on any atom is 0.0930 e. The molecule has 1 saturated heterocycles. The molecule has 0 unspecified atom stereocenters. The van der Waals surface area contributed by atoms with Crippen LogP contribution in [0.3, 0.4) is 0 Å². The van der Waals surface area contributed by atoms with Gasteiger partial charge in [-0.05, 0) is 24.8 Å². The zero-order valence-corrected chi connectivity index (χ0v) is 10.7. The zero-order valence-electron chi connectivity index (χ0n) is 9.87. The van der Waals surface area contributed by atoms with Crippen molar-refractivity contribution >= 4 is 11.3 Å². The lowest BCUT2D eigenvalue weighted by Crippen LogP contribution is -2.40. The Morgan fingerprint density at radius 2 is 2.31 bits per heavy atom. The minimum absolute atomic E-state index is 0.367. The monoisotopic (exact) mass is 240 g/mol. The Hall–Kier alpha value is -0.450. The van der Waals surface area contributed by atoms with E-state index in [1.54, 1.807) is 11.3 Å². The summed E-state index contributed by atoms with van der Waals surface area (Å²) in [6.07, 6.45) is 5.31. The van der Waals surface area contributed by atoms with Gasteiger partial charge >= 0.3 is 0 Å². The highest BCUT2D eigenvalue weighted by atomic mass is 32.1. The first-order valence-electron chi connectivity index (χ1n) is 6.01. The molecule has 0 amide bonds. The molecule has 0 atom stereocenters. The van der Waals surface area contributed by atoms with Crippen LogP contribution in [-0.2, 0) is 11.2 Å². The Morgan fingerprint density at radius 1 is 1.50 bits per heavy atom. The van der Waals surface area contributed by atoms with E-state index in [1.807, 2.05) is 6.20 Å². The molecular weight excluding hydrogens is 220 g/mol. The second kappa shape index (κ2) is 5.75. The first kappa shape index (κ1) is 12.0. The first-order valence-corrected chi connectivity index (χ1v) is 6.89. The number of thiazole rings is 1. The molecule has 90 valence electrons. The SMILES string of the molecule is CCNCC1(Cc2nccs2)CCOCC1. The number of rotatable bonds is 5. The van der Waals surface area contributed by atoms with E-state index in [0.29, 0.717) is 5.41 Å². The Morgan fingerprint density at radius 3 is 2.94 bits per heavy atom. The van der Waals surface area contributed by atoms with Crippen LogP contribution in [0.15, 0.2) is 11.6 Å². The van der Waals surface area contributed by atoms with Gasteiger partial charge in [-0.3, -0.25) is 0 Å². The summed E-state index contributed by atoms with van der Waals surface area (Å²) < 4.78 is 5.48. The molecule has 1 aromatic heterocycles. The fourth-order valence-electron chi connectivity index (χ4n) is 2.27.